The second kappa shape index (κ2) is 9.44. The molecule has 7 rings (SSSR count). The zero-order valence-electron chi connectivity index (χ0n) is 20.1. The molecule has 0 radical (unpaired) electrons. The molecular weight excluding hydrogens is 478 g/mol. The lowest BCUT2D eigenvalue weighted by Gasteiger charge is -2.54. The highest BCUT2D eigenvalue weighted by molar-refractivity contribution is 6.33. The van der Waals surface area contributed by atoms with Gasteiger partial charge in [0.15, 0.2) is 5.15 Å². The molecule has 4 aliphatic rings. The largest absolute Gasteiger partial charge is 0.377 e. The van der Waals surface area contributed by atoms with Crippen LogP contribution in [0.4, 0.5) is 11.8 Å². The quantitative estimate of drug-likeness (QED) is 0.395. The summed E-state index contributed by atoms with van der Waals surface area (Å²) in [4.78, 5) is 29.9. The van der Waals surface area contributed by atoms with E-state index in [1.54, 1.807) is 18.6 Å². The van der Waals surface area contributed by atoms with E-state index in [0.717, 1.165) is 67.4 Å². The number of carbonyl (C=O) groups is 1. The van der Waals surface area contributed by atoms with Crippen LogP contribution in [-0.4, -0.2) is 57.2 Å². The molecule has 2 bridgehead atoms. The number of nitrogens with one attached hydrogen (secondary N) is 3. The number of carbonyl (C=O) groups excluding carboxylic acids is 1. The molecule has 3 N–H and O–H groups in total. The molecule has 1 saturated heterocycles. The Bertz CT molecular complexity index is 1240. The van der Waals surface area contributed by atoms with Gasteiger partial charge in [-0.2, -0.15) is 0 Å². The number of nitrogens with zero attached hydrogens (tertiary/aromatic N) is 4. The molecule has 4 fully saturated rings. The molecule has 3 aromatic heterocycles. The minimum absolute atomic E-state index is 0.0216. The fourth-order valence-electron chi connectivity index (χ4n) is 5.66. The maximum Gasteiger partial charge on any atom is 0.224 e. The van der Waals surface area contributed by atoms with Crippen LogP contribution < -0.4 is 16.0 Å². The summed E-state index contributed by atoms with van der Waals surface area (Å²) in [5, 5.41) is 11.6. The predicted molar refractivity (Wildman–Crippen MR) is 138 cm³/mol. The molecule has 36 heavy (non-hydrogen) atoms. The molecule has 0 atom stereocenters. The van der Waals surface area contributed by atoms with E-state index in [9.17, 15) is 4.79 Å². The van der Waals surface area contributed by atoms with E-state index in [1.165, 1.54) is 0 Å². The molecule has 10 heteroatoms. The second-order valence-corrected chi connectivity index (χ2v) is 10.9. The number of ether oxygens (including phenoxy) is 1. The highest BCUT2D eigenvalue weighted by Gasteiger charge is 2.48. The monoisotopic (exact) mass is 507 g/mol. The smallest absolute Gasteiger partial charge is 0.224 e. The van der Waals surface area contributed by atoms with Gasteiger partial charge in [0.25, 0.3) is 0 Å². The van der Waals surface area contributed by atoms with Gasteiger partial charge in [0.05, 0.1) is 25.7 Å². The summed E-state index contributed by atoms with van der Waals surface area (Å²) in [6.07, 6.45) is 12.2. The highest BCUT2D eigenvalue weighted by Crippen LogP contribution is 2.53. The van der Waals surface area contributed by atoms with Crippen molar-refractivity contribution < 1.29 is 9.53 Å². The Morgan fingerprint density at radius 2 is 1.78 bits per heavy atom. The van der Waals surface area contributed by atoms with Gasteiger partial charge in [-0.05, 0) is 67.7 Å². The van der Waals surface area contributed by atoms with Gasteiger partial charge in [0, 0.05) is 36.1 Å². The van der Waals surface area contributed by atoms with Crippen molar-refractivity contribution >= 4 is 40.2 Å². The topological polar surface area (TPSA) is 114 Å². The zero-order chi connectivity index (χ0) is 24.6. The Balaban J connectivity index is 1.02. The summed E-state index contributed by atoms with van der Waals surface area (Å²) >= 11 is 6.27. The minimum atomic E-state index is -0.0216. The Morgan fingerprint density at radius 3 is 2.47 bits per heavy atom. The van der Waals surface area contributed by atoms with E-state index in [4.69, 9.17) is 21.3 Å². The highest BCUT2D eigenvalue weighted by atomic mass is 35.5. The van der Waals surface area contributed by atoms with E-state index < -0.39 is 0 Å². The van der Waals surface area contributed by atoms with Crippen LogP contribution in [0.1, 0.15) is 44.1 Å². The number of hydrogen-bond acceptors (Lipinski definition) is 8. The average molecular weight is 508 g/mol. The molecule has 3 aliphatic carbocycles. The average Bonchev–Trinajstić information content (AvgIpc) is 2.88. The maximum absolute atomic E-state index is 12.1. The van der Waals surface area contributed by atoms with Crippen LogP contribution in [0.15, 0.2) is 36.8 Å². The Labute approximate surface area is 214 Å². The number of pyridine rings is 2. The summed E-state index contributed by atoms with van der Waals surface area (Å²) in [6, 6.07) is 6.16. The van der Waals surface area contributed by atoms with Gasteiger partial charge in [0.2, 0.25) is 11.9 Å². The van der Waals surface area contributed by atoms with Crippen LogP contribution in [0.5, 0.6) is 0 Å². The molecule has 188 valence electrons. The summed E-state index contributed by atoms with van der Waals surface area (Å²) in [5.41, 5.74) is 1.90. The second-order valence-electron chi connectivity index (χ2n) is 10.5. The normalized spacial score (nSPS) is 25.4. The van der Waals surface area contributed by atoms with Crippen LogP contribution in [0.3, 0.4) is 0 Å². The van der Waals surface area contributed by atoms with Crippen molar-refractivity contribution in [1.29, 1.82) is 0 Å². The van der Waals surface area contributed by atoms with Crippen molar-refractivity contribution in [3.05, 3.63) is 47.5 Å². The van der Waals surface area contributed by atoms with E-state index >= 15 is 0 Å². The standard InChI is InChI=1S/C26H30ClN7O2/c27-23-22-18(3-10-28-23)1-2-20(33-22)34-26-7-4-25(5-8-26,6-9-26)16-31-24-29-12-17(13-30-24)11-21(35)32-19-14-36-15-19/h1-3,10,12-13,19H,4-9,11,14-16H2,(H,32,35)(H,33,34)(H,29,30,31). The van der Waals surface area contributed by atoms with Gasteiger partial charge in [-0.15, -0.1) is 0 Å². The number of anilines is 2. The summed E-state index contributed by atoms with van der Waals surface area (Å²) in [7, 11) is 0. The first-order chi connectivity index (χ1) is 17.5. The third kappa shape index (κ3) is 4.82. The third-order valence-electron chi connectivity index (χ3n) is 8.05. The molecule has 1 amide bonds. The summed E-state index contributed by atoms with van der Waals surface area (Å²) in [5.74, 6) is 1.46. The van der Waals surface area contributed by atoms with Gasteiger partial charge in [-0.1, -0.05) is 11.6 Å². The van der Waals surface area contributed by atoms with Crippen LogP contribution in [0.2, 0.25) is 5.15 Å². The Morgan fingerprint density at radius 1 is 1.03 bits per heavy atom. The summed E-state index contributed by atoms with van der Waals surface area (Å²) in [6.45, 7) is 2.05. The molecule has 4 heterocycles. The lowest BCUT2D eigenvalue weighted by Crippen LogP contribution is -2.52. The van der Waals surface area contributed by atoms with E-state index in [-0.39, 0.29) is 29.3 Å². The fraction of sp³-hybridized carbons (Fsp3) is 0.500. The van der Waals surface area contributed by atoms with E-state index in [0.29, 0.717) is 24.3 Å². The lowest BCUT2D eigenvalue weighted by molar-refractivity contribution is -0.124. The SMILES string of the molecule is O=C(Cc1cnc(NCC23CCC(Nc4ccc5ccnc(Cl)c5n4)(CC2)CC3)nc1)NC1COC1. The van der Waals surface area contributed by atoms with Crippen LogP contribution in [0.25, 0.3) is 10.9 Å². The molecule has 1 aliphatic heterocycles. The first-order valence-corrected chi connectivity index (χ1v) is 13.0. The number of fused-ring (bicyclic) bond motifs is 4. The number of hydrogen-bond donors (Lipinski definition) is 3. The minimum Gasteiger partial charge on any atom is -0.377 e. The van der Waals surface area contributed by atoms with Gasteiger partial charge in [-0.25, -0.2) is 19.9 Å². The molecule has 3 saturated carbocycles. The Hall–Kier alpha value is -3.04. The fourth-order valence-corrected chi connectivity index (χ4v) is 5.87. The van der Waals surface area contributed by atoms with Crippen molar-refractivity contribution in [3.63, 3.8) is 0 Å². The molecule has 0 spiro atoms. The lowest BCUT2D eigenvalue weighted by atomic mass is 9.57. The molecular formula is C26H30ClN7O2. The molecule has 9 nitrogen and oxygen atoms in total. The van der Waals surface area contributed by atoms with Crippen molar-refractivity contribution in [2.24, 2.45) is 5.41 Å². The third-order valence-corrected chi connectivity index (χ3v) is 8.33. The molecule has 0 unspecified atom stereocenters. The van der Waals surface area contributed by atoms with Crippen molar-refractivity contribution in [3.8, 4) is 0 Å². The first-order valence-electron chi connectivity index (χ1n) is 12.6. The zero-order valence-corrected chi connectivity index (χ0v) is 20.9. The van der Waals surface area contributed by atoms with Crippen molar-refractivity contribution in [1.82, 2.24) is 25.3 Å². The van der Waals surface area contributed by atoms with Crippen molar-refractivity contribution in [2.45, 2.75) is 56.5 Å². The van der Waals surface area contributed by atoms with Crippen LogP contribution >= 0.6 is 11.6 Å². The predicted octanol–water partition coefficient (Wildman–Crippen LogP) is 3.75. The van der Waals surface area contributed by atoms with Gasteiger partial charge >= 0.3 is 0 Å². The van der Waals surface area contributed by atoms with Gasteiger partial charge in [-0.3, -0.25) is 4.79 Å². The first kappa shape index (κ1) is 23.4. The maximum atomic E-state index is 12.1. The van der Waals surface area contributed by atoms with Gasteiger partial charge < -0.3 is 20.7 Å². The number of amides is 1. The molecule has 3 aromatic rings. The van der Waals surface area contributed by atoms with Crippen LogP contribution in [0, 0.1) is 5.41 Å². The molecule has 0 aromatic carbocycles. The number of aromatic nitrogens is 4. The summed E-state index contributed by atoms with van der Waals surface area (Å²) < 4.78 is 5.09. The number of rotatable bonds is 8. The van der Waals surface area contributed by atoms with E-state index in [1.807, 2.05) is 12.1 Å². The van der Waals surface area contributed by atoms with Gasteiger partial charge in [0.1, 0.15) is 11.3 Å². The van der Waals surface area contributed by atoms with E-state index in [2.05, 4.69) is 37.0 Å². The number of halogens is 1. The Kier molecular flexibility index (Phi) is 6.13. The van der Waals surface area contributed by atoms with Crippen LogP contribution in [-0.2, 0) is 16.0 Å². The van der Waals surface area contributed by atoms with Crippen molar-refractivity contribution in [2.75, 3.05) is 30.4 Å².